The van der Waals surface area contributed by atoms with E-state index in [1.807, 2.05) is 36.4 Å². The van der Waals surface area contributed by atoms with E-state index in [0.29, 0.717) is 32.9 Å². The largest absolute Gasteiger partial charge is 0.0840 e. The second kappa shape index (κ2) is 9.34. The molecule has 0 aliphatic heterocycles. The molecule has 0 fully saturated rings. The first-order chi connectivity index (χ1) is 13.0. The summed E-state index contributed by atoms with van der Waals surface area (Å²) >= 11 is 25.6. The lowest BCUT2D eigenvalue weighted by molar-refractivity contribution is 0.915. The zero-order chi connectivity index (χ0) is 19.4. The van der Waals surface area contributed by atoms with Crippen molar-refractivity contribution >= 4 is 46.4 Å². The summed E-state index contributed by atoms with van der Waals surface area (Å²) < 4.78 is 0. The molecule has 3 aromatic rings. The molecule has 3 aromatic carbocycles. The highest BCUT2D eigenvalue weighted by molar-refractivity contribution is 6.36. The summed E-state index contributed by atoms with van der Waals surface area (Å²) in [5.74, 6) is 0. The van der Waals surface area contributed by atoms with Gasteiger partial charge in [-0.15, -0.1) is 0 Å². The van der Waals surface area contributed by atoms with Crippen molar-refractivity contribution in [1.29, 1.82) is 0 Å². The minimum Gasteiger partial charge on any atom is -0.0840 e. The van der Waals surface area contributed by atoms with E-state index < -0.39 is 0 Å². The monoisotopic (exact) mass is 436 g/mol. The number of aryl methyl sites for hydroxylation is 1. The second-order valence-electron chi connectivity index (χ2n) is 6.61. The van der Waals surface area contributed by atoms with Gasteiger partial charge in [0.2, 0.25) is 0 Å². The fraction of sp³-hybridized carbons (Fsp3) is 0.217. The van der Waals surface area contributed by atoms with Crippen LogP contribution in [0.4, 0.5) is 0 Å². The third-order valence-corrected chi connectivity index (χ3v) is 6.08. The van der Waals surface area contributed by atoms with Gasteiger partial charge in [0, 0.05) is 32.9 Å². The van der Waals surface area contributed by atoms with E-state index in [0.717, 1.165) is 24.0 Å². The first-order valence-corrected chi connectivity index (χ1v) is 10.5. The molecular formula is C23H20Cl4. The minimum absolute atomic E-state index is 0.669. The summed E-state index contributed by atoms with van der Waals surface area (Å²) in [7, 11) is 0. The van der Waals surface area contributed by atoms with E-state index in [1.165, 1.54) is 16.7 Å². The lowest BCUT2D eigenvalue weighted by Gasteiger charge is -2.15. The molecule has 27 heavy (non-hydrogen) atoms. The lowest BCUT2D eigenvalue weighted by atomic mass is 9.92. The van der Waals surface area contributed by atoms with E-state index in [2.05, 4.69) is 25.1 Å². The third-order valence-electron chi connectivity index (χ3n) is 4.67. The van der Waals surface area contributed by atoms with Crippen molar-refractivity contribution in [1.82, 2.24) is 0 Å². The van der Waals surface area contributed by atoms with Gasteiger partial charge in [-0.05, 0) is 58.5 Å². The molecule has 4 heteroatoms. The maximum atomic E-state index is 6.42. The Morgan fingerprint density at radius 1 is 0.630 bits per heavy atom. The molecule has 0 saturated heterocycles. The van der Waals surface area contributed by atoms with Crippen molar-refractivity contribution in [3.63, 3.8) is 0 Å². The van der Waals surface area contributed by atoms with Crippen LogP contribution in [0.15, 0.2) is 54.6 Å². The van der Waals surface area contributed by atoms with Crippen molar-refractivity contribution in [3.05, 3.63) is 103 Å². The summed E-state index contributed by atoms with van der Waals surface area (Å²) in [6, 6.07) is 17.8. The van der Waals surface area contributed by atoms with Crippen LogP contribution in [0.2, 0.25) is 20.1 Å². The van der Waals surface area contributed by atoms with Crippen LogP contribution < -0.4 is 0 Å². The predicted octanol–water partition coefficient (Wildman–Crippen LogP) is 8.43. The zero-order valence-corrected chi connectivity index (χ0v) is 18.1. The molecule has 0 N–H and O–H groups in total. The predicted molar refractivity (Wildman–Crippen MR) is 119 cm³/mol. The second-order valence-corrected chi connectivity index (χ2v) is 8.24. The van der Waals surface area contributed by atoms with E-state index >= 15 is 0 Å². The van der Waals surface area contributed by atoms with Crippen molar-refractivity contribution < 1.29 is 0 Å². The maximum absolute atomic E-state index is 6.42. The van der Waals surface area contributed by atoms with Gasteiger partial charge in [0.15, 0.2) is 0 Å². The van der Waals surface area contributed by atoms with Crippen LogP contribution in [0, 0.1) is 0 Å². The average Bonchev–Trinajstić information content (AvgIpc) is 2.63. The summed E-state index contributed by atoms with van der Waals surface area (Å²) in [5, 5.41) is 2.74. The van der Waals surface area contributed by atoms with Crippen LogP contribution in [0.3, 0.4) is 0 Å². The molecule has 3 rings (SSSR count). The molecule has 0 spiro atoms. The van der Waals surface area contributed by atoms with Gasteiger partial charge in [0.1, 0.15) is 0 Å². The summed E-state index contributed by atoms with van der Waals surface area (Å²) in [6.45, 7) is 2.18. The first-order valence-electron chi connectivity index (χ1n) is 8.96. The number of benzene rings is 3. The van der Waals surface area contributed by atoms with E-state index in [1.54, 1.807) is 0 Å². The molecule has 0 amide bonds. The normalized spacial score (nSPS) is 11.0. The fourth-order valence-electron chi connectivity index (χ4n) is 3.24. The zero-order valence-electron chi connectivity index (χ0n) is 15.0. The Balaban J connectivity index is 2.03. The van der Waals surface area contributed by atoms with Gasteiger partial charge < -0.3 is 0 Å². The van der Waals surface area contributed by atoms with E-state index in [4.69, 9.17) is 46.4 Å². The Labute approximate surface area is 181 Å². The molecule has 0 saturated carbocycles. The summed E-state index contributed by atoms with van der Waals surface area (Å²) in [6.07, 6.45) is 3.48. The molecule has 0 aliphatic rings. The van der Waals surface area contributed by atoms with E-state index in [-0.39, 0.29) is 0 Å². The summed E-state index contributed by atoms with van der Waals surface area (Å²) in [5.41, 5.74) is 5.58. The van der Waals surface area contributed by atoms with Crippen LogP contribution >= 0.6 is 46.4 Å². The van der Waals surface area contributed by atoms with Gasteiger partial charge in [-0.3, -0.25) is 0 Å². The third kappa shape index (κ3) is 5.00. The van der Waals surface area contributed by atoms with Gasteiger partial charge in [0.25, 0.3) is 0 Å². The topological polar surface area (TPSA) is 0 Å². The SMILES string of the molecule is CCCc1ccc(Cc2c(Cl)cccc2Cl)c(Cc2c(Cl)cccc2Cl)c1. The van der Waals surface area contributed by atoms with E-state index in [9.17, 15) is 0 Å². The van der Waals surface area contributed by atoms with Gasteiger partial charge in [-0.25, -0.2) is 0 Å². The molecule has 0 aromatic heterocycles. The highest BCUT2D eigenvalue weighted by Gasteiger charge is 2.14. The van der Waals surface area contributed by atoms with Crippen LogP contribution in [0.25, 0.3) is 0 Å². The molecule has 0 atom stereocenters. The number of hydrogen-bond donors (Lipinski definition) is 0. The molecule has 0 heterocycles. The first kappa shape index (κ1) is 20.6. The van der Waals surface area contributed by atoms with Crippen molar-refractivity contribution in [2.45, 2.75) is 32.6 Å². The van der Waals surface area contributed by atoms with Crippen LogP contribution in [0.5, 0.6) is 0 Å². The molecule has 140 valence electrons. The highest BCUT2D eigenvalue weighted by Crippen LogP contribution is 2.32. The van der Waals surface area contributed by atoms with Crippen LogP contribution in [-0.2, 0) is 19.3 Å². The highest BCUT2D eigenvalue weighted by atomic mass is 35.5. The van der Waals surface area contributed by atoms with Crippen LogP contribution in [0.1, 0.15) is 41.2 Å². The van der Waals surface area contributed by atoms with Crippen molar-refractivity contribution in [2.24, 2.45) is 0 Å². The summed E-state index contributed by atoms with van der Waals surface area (Å²) in [4.78, 5) is 0. The van der Waals surface area contributed by atoms with Gasteiger partial charge >= 0.3 is 0 Å². The minimum atomic E-state index is 0.669. The van der Waals surface area contributed by atoms with Gasteiger partial charge in [-0.1, -0.05) is 90.1 Å². The van der Waals surface area contributed by atoms with Gasteiger partial charge in [0.05, 0.1) is 0 Å². The Bertz CT molecular complexity index is 907. The Morgan fingerprint density at radius 2 is 1.11 bits per heavy atom. The van der Waals surface area contributed by atoms with Crippen molar-refractivity contribution in [3.8, 4) is 0 Å². The Hall–Kier alpha value is -1.18. The lowest BCUT2D eigenvalue weighted by Crippen LogP contribution is -2.01. The standard InChI is InChI=1S/C23H20Cl4/c1-2-5-15-10-11-16(13-18-20(24)6-3-7-21(18)25)17(12-15)14-19-22(26)8-4-9-23(19)27/h3-4,6-12H,2,5,13-14H2,1H3. The van der Waals surface area contributed by atoms with Crippen molar-refractivity contribution in [2.75, 3.05) is 0 Å². The molecule has 0 unspecified atom stereocenters. The molecule has 0 bridgehead atoms. The Kier molecular flexibility index (Phi) is 7.11. The Morgan fingerprint density at radius 3 is 1.59 bits per heavy atom. The molecule has 0 nitrogen and oxygen atoms in total. The molecule has 0 aliphatic carbocycles. The average molecular weight is 438 g/mol. The van der Waals surface area contributed by atoms with Crippen LogP contribution in [-0.4, -0.2) is 0 Å². The number of rotatable bonds is 6. The number of halogens is 4. The fourth-order valence-corrected chi connectivity index (χ4v) is 4.31. The van der Waals surface area contributed by atoms with Gasteiger partial charge in [-0.2, -0.15) is 0 Å². The number of hydrogen-bond acceptors (Lipinski definition) is 0. The smallest absolute Gasteiger partial charge is 0.0456 e. The molecular weight excluding hydrogens is 418 g/mol. The molecule has 0 radical (unpaired) electrons. The maximum Gasteiger partial charge on any atom is 0.0456 e. The quantitative estimate of drug-likeness (QED) is 0.362.